The zero-order valence-corrected chi connectivity index (χ0v) is 23.3. The third kappa shape index (κ3) is 6.34. The lowest BCUT2D eigenvalue weighted by atomic mass is 9.81. The first-order valence-electron chi connectivity index (χ1n) is 13.8. The average molecular weight is 563 g/mol. The monoisotopic (exact) mass is 562 g/mol. The fourth-order valence-electron chi connectivity index (χ4n) is 6.05. The fourth-order valence-corrected chi connectivity index (χ4v) is 6.22. The second-order valence-electron chi connectivity index (χ2n) is 10.8. The van der Waals surface area contributed by atoms with E-state index in [9.17, 15) is 19.0 Å². The number of hydrogen-bond donors (Lipinski definition) is 1. The zero-order chi connectivity index (χ0) is 28.2. The van der Waals surface area contributed by atoms with Gasteiger partial charge in [0.25, 0.3) is 0 Å². The number of likely N-dealkylation sites (tertiary alicyclic amines) is 1. The lowest BCUT2D eigenvalue weighted by Crippen LogP contribution is -2.46. The molecule has 0 bridgehead atoms. The number of benzene rings is 3. The number of halogens is 2. The lowest BCUT2D eigenvalue weighted by Gasteiger charge is -2.33. The standard InChI is InChI=1S/C31H33BClFN2O4/c1-32(39)36-26(17-21-7-9-23(10-8-21)27-18-25(33)11-12-29(27)34)19-28(30(36)37)24-13-15-35(16-14-24)31(38)40-20-22-5-3-2-4-6-22/h2-12,18,24,26,28,39H,13-17,19-20H2,1H3/t26-,28?/m1/s1. The summed E-state index contributed by atoms with van der Waals surface area (Å²) < 4.78 is 19.8. The molecule has 2 atom stereocenters. The molecule has 2 aliphatic rings. The number of carbonyl (C=O) groups is 2. The van der Waals surface area contributed by atoms with Gasteiger partial charge >= 0.3 is 13.1 Å². The summed E-state index contributed by atoms with van der Waals surface area (Å²) in [5.74, 6) is -0.410. The molecular formula is C31H33BClFN2O4. The number of hydrogen-bond acceptors (Lipinski definition) is 4. The Bertz CT molecular complexity index is 1330. The highest BCUT2D eigenvalue weighted by Crippen LogP contribution is 2.38. The van der Waals surface area contributed by atoms with Gasteiger partial charge in [0, 0.05) is 35.6 Å². The van der Waals surface area contributed by atoms with E-state index in [0.29, 0.717) is 36.5 Å². The minimum Gasteiger partial charge on any atom is -0.445 e. The Morgan fingerprint density at radius 1 is 1.05 bits per heavy atom. The maximum Gasteiger partial charge on any atom is 0.411 e. The molecule has 40 heavy (non-hydrogen) atoms. The molecule has 0 aliphatic carbocycles. The van der Waals surface area contributed by atoms with Gasteiger partial charge in [-0.15, -0.1) is 0 Å². The van der Waals surface area contributed by atoms with E-state index in [-0.39, 0.29) is 42.3 Å². The molecule has 1 N–H and O–H groups in total. The van der Waals surface area contributed by atoms with Gasteiger partial charge in [-0.3, -0.25) is 4.79 Å². The minimum atomic E-state index is -0.893. The summed E-state index contributed by atoms with van der Waals surface area (Å²) in [6, 6.07) is 21.5. The van der Waals surface area contributed by atoms with Gasteiger partial charge in [-0.25, -0.2) is 9.18 Å². The molecule has 0 aromatic heterocycles. The van der Waals surface area contributed by atoms with Gasteiger partial charge in [-0.1, -0.05) is 66.2 Å². The molecule has 3 aromatic carbocycles. The lowest BCUT2D eigenvalue weighted by molar-refractivity contribution is -0.130. The quantitative estimate of drug-likeness (QED) is 0.355. The van der Waals surface area contributed by atoms with Crippen LogP contribution >= 0.6 is 11.6 Å². The molecular weight excluding hydrogens is 530 g/mol. The van der Waals surface area contributed by atoms with Crippen LogP contribution in [0.15, 0.2) is 72.8 Å². The minimum absolute atomic E-state index is 0.0253. The van der Waals surface area contributed by atoms with Gasteiger partial charge in [0.2, 0.25) is 5.91 Å². The molecule has 0 saturated carbocycles. The van der Waals surface area contributed by atoms with Crippen LogP contribution in [0.2, 0.25) is 11.8 Å². The largest absolute Gasteiger partial charge is 0.445 e. The van der Waals surface area contributed by atoms with E-state index < -0.39 is 7.05 Å². The van der Waals surface area contributed by atoms with E-state index >= 15 is 0 Å². The molecule has 2 saturated heterocycles. The van der Waals surface area contributed by atoms with Gasteiger partial charge in [-0.2, -0.15) is 0 Å². The van der Waals surface area contributed by atoms with Crippen molar-refractivity contribution in [3.8, 4) is 11.1 Å². The smallest absolute Gasteiger partial charge is 0.411 e. The van der Waals surface area contributed by atoms with Crippen LogP contribution in [-0.2, 0) is 22.6 Å². The normalized spacial score (nSPS) is 19.6. The Kier molecular flexibility index (Phi) is 8.77. The summed E-state index contributed by atoms with van der Waals surface area (Å²) in [5.41, 5.74) is 3.12. The predicted molar refractivity (Wildman–Crippen MR) is 154 cm³/mol. The van der Waals surface area contributed by atoms with Crippen molar-refractivity contribution in [2.24, 2.45) is 11.8 Å². The van der Waals surface area contributed by atoms with Crippen LogP contribution in [0.4, 0.5) is 9.18 Å². The third-order valence-corrected chi connectivity index (χ3v) is 8.37. The summed E-state index contributed by atoms with van der Waals surface area (Å²) in [5, 5.41) is 11.0. The topological polar surface area (TPSA) is 70.1 Å². The summed E-state index contributed by atoms with van der Waals surface area (Å²) in [7, 11) is -0.893. The van der Waals surface area contributed by atoms with Crippen molar-refractivity contribution >= 4 is 30.7 Å². The highest BCUT2D eigenvalue weighted by atomic mass is 35.5. The predicted octanol–water partition coefficient (Wildman–Crippen LogP) is 6.06. The van der Waals surface area contributed by atoms with Crippen molar-refractivity contribution < 1.29 is 23.7 Å². The number of carbonyl (C=O) groups excluding carboxylic acids is 2. The van der Waals surface area contributed by atoms with Gasteiger partial charge in [0.05, 0.1) is 0 Å². The molecule has 2 aliphatic heterocycles. The molecule has 3 aromatic rings. The number of piperidine rings is 1. The van der Waals surface area contributed by atoms with Gasteiger partial charge < -0.3 is 19.5 Å². The number of amides is 2. The number of ether oxygens (including phenoxy) is 1. The molecule has 0 spiro atoms. The Morgan fingerprint density at radius 2 is 1.75 bits per heavy atom. The molecule has 1 unspecified atom stereocenters. The Balaban J connectivity index is 1.19. The van der Waals surface area contributed by atoms with Crippen LogP contribution in [-0.4, -0.2) is 52.9 Å². The van der Waals surface area contributed by atoms with E-state index in [1.807, 2.05) is 54.6 Å². The average Bonchev–Trinajstić information content (AvgIpc) is 3.29. The SMILES string of the molecule is CB(O)N1C(=O)C(C2CCN(C(=O)OCc3ccccc3)CC2)C[C@H]1Cc1ccc(-c2cc(Cl)ccc2F)cc1. The Morgan fingerprint density at radius 3 is 2.42 bits per heavy atom. The summed E-state index contributed by atoms with van der Waals surface area (Å²) >= 11 is 6.06. The van der Waals surface area contributed by atoms with E-state index in [1.165, 1.54) is 12.1 Å². The molecule has 2 amide bonds. The van der Waals surface area contributed by atoms with Crippen molar-refractivity contribution in [3.63, 3.8) is 0 Å². The summed E-state index contributed by atoms with van der Waals surface area (Å²) in [6.07, 6.45) is 2.35. The highest BCUT2D eigenvalue weighted by Gasteiger charge is 2.46. The second kappa shape index (κ2) is 12.4. The Hall–Kier alpha value is -3.36. The van der Waals surface area contributed by atoms with Gasteiger partial charge in [0.1, 0.15) is 12.4 Å². The first-order valence-corrected chi connectivity index (χ1v) is 14.2. The van der Waals surface area contributed by atoms with E-state index in [4.69, 9.17) is 16.3 Å². The van der Waals surface area contributed by atoms with Gasteiger partial charge in [-0.05, 0) is 73.3 Å². The number of rotatable bonds is 7. The Labute approximate surface area is 239 Å². The second-order valence-corrected chi connectivity index (χ2v) is 11.2. The van der Waals surface area contributed by atoms with E-state index in [0.717, 1.165) is 29.5 Å². The van der Waals surface area contributed by atoms with Crippen LogP contribution in [0.25, 0.3) is 11.1 Å². The fraction of sp³-hybridized carbons (Fsp3) is 0.355. The van der Waals surface area contributed by atoms with Gasteiger partial charge in [0.15, 0.2) is 0 Å². The molecule has 2 heterocycles. The molecule has 6 nitrogen and oxygen atoms in total. The van der Waals surface area contributed by atoms with Crippen LogP contribution in [0.5, 0.6) is 0 Å². The number of nitrogens with zero attached hydrogens (tertiary/aromatic N) is 2. The first kappa shape index (κ1) is 28.2. The molecule has 0 radical (unpaired) electrons. The molecule has 2 fully saturated rings. The maximum absolute atomic E-state index is 14.3. The van der Waals surface area contributed by atoms with E-state index in [2.05, 4.69) is 0 Å². The van der Waals surface area contributed by atoms with E-state index in [1.54, 1.807) is 22.6 Å². The first-order chi connectivity index (χ1) is 19.3. The van der Waals surface area contributed by atoms with Crippen molar-refractivity contribution in [3.05, 3.63) is 94.8 Å². The van der Waals surface area contributed by atoms with Crippen LogP contribution in [0.1, 0.15) is 30.4 Å². The van der Waals surface area contributed by atoms with Crippen LogP contribution in [0.3, 0.4) is 0 Å². The summed E-state index contributed by atoms with van der Waals surface area (Å²) in [4.78, 5) is 29.3. The maximum atomic E-state index is 14.3. The summed E-state index contributed by atoms with van der Waals surface area (Å²) in [6.45, 7) is 2.95. The van der Waals surface area contributed by atoms with Crippen molar-refractivity contribution in [1.82, 2.24) is 9.71 Å². The van der Waals surface area contributed by atoms with Crippen molar-refractivity contribution in [2.45, 2.75) is 45.2 Å². The van der Waals surface area contributed by atoms with Crippen LogP contribution < -0.4 is 0 Å². The third-order valence-electron chi connectivity index (χ3n) is 8.13. The van der Waals surface area contributed by atoms with Crippen molar-refractivity contribution in [1.29, 1.82) is 0 Å². The van der Waals surface area contributed by atoms with Crippen LogP contribution in [0, 0.1) is 17.7 Å². The molecule has 5 rings (SSSR count). The molecule has 9 heteroatoms. The molecule has 208 valence electrons. The zero-order valence-electron chi connectivity index (χ0n) is 22.5. The highest BCUT2D eigenvalue weighted by molar-refractivity contribution is 6.49. The van der Waals surface area contributed by atoms with Crippen molar-refractivity contribution in [2.75, 3.05) is 13.1 Å².